The van der Waals surface area contributed by atoms with E-state index >= 15 is 0 Å². The molecule has 1 aliphatic heterocycles. The number of carbonyl (C=O) groups excluding carboxylic acids is 2. The van der Waals surface area contributed by atoms with Gasteiger partial charge >= 0.3 is 5.97 Å². The lowest BCUT2D eigenvalue weighted by atomic mass is 10.2. The summed E-state index contributed by atoms with van der Waals surface area (Å²) in [5.41, 5.74) is 2.38. The van der Waals surface area contributed by atoms with E-state index in [1.807, 2.05) is 31.2 Å². The first-order valence-corrected chi connectivity index (χ1v) is 8.18. The third-order valence-electron chi connectivity index (χ3n) is 3.57. The van der Waals surface area contributed by atoms with E-state index < -0.39 is 5.97 Å². The number of nitrogens with one attached hydrogen (secondary N) is 1. The Labute approximate surface area is 151 Å². The van der Waals surface area contributed by atoms with Gasteiger partial charge in [0, 0.05) is 18.2 Å². The number of hydrogen-bond donors (Lipinski definition) is 1. The molecule has 3 rings (SSSR count). The van der Waals surface area contributed by atoms with Crippen LogP contribution in [0.15, 0.2) is 59.2 Å². The van der Waals surface area contributed by atoms with E-state index in [2.05, 4.69) is 10.3 Å². The zero-order valence-corrected chi connectivity index (χ0v) is 14.5. The van der Waals surface area contributed by atoms with Gasteiger partial charge in [-0.3, -0.25) is 4.79 Å². The third kappa shape index (κ3) is 4.16. The molecule has 0 radical (unpaired) electrons. The second kappa shape index (κ2) is 7.65. The van der Waals surface area contributed by atoms with E-state index in [0.29, 0.717) is 17.9 Å². The molecule has 2 aromatic carbocycles. The van der Waals surface area contributed by atoms with E-state index in [1.165, 1.54) is 6.92 Å². The molecule has 0 fully saturated rings. The number of esters is 1. The van der Waals surface area contributed by atoms with Crippen molar-refractivity contribution in [2.24, 2.45) is 4.99 Å². The summed E-state index contributed by atoms with van der Waals surface area (Å²) >= 11 is 0. The number of benzene rings is 2. The molecule has 0 aromatic heterocycles. The van der Waals surface area contributed by atoms with Crippen molar-refractivity contribution in [2.75, 3.05) is 11.9 Å². The van der Waals surface area contributed by atoms with Gasteiger partial charge in [0.05, 0.1) is 6.61 Å². The molecular weight excluding hydrogens is 332 g/mol. The van der Waals surface area contributed by atoms with E-state index in [1.54, 1.807) is 30.3 Å². The molecule has 132 valence electrons. The molecule has 0 spiro atoms. The van der Waals surface area contributed by atoms with Gasteiger partial charge in [0.15, 0.2) is 5.70 Å². The normalized spacial score (nSPS) is 14.8. The molecule has 0 unspecified atom stereocenters. The molecule has 6 nitrogen and oxygen atoms in total. The molecule has 1 amide bonds. The van der Waals surface area contributed by atoms with Crippen molar-refractivity contribution in [2.45, 2.75) is 13.8 Å². The number of rotatable bonds is 5. The number of hydrogen-bond acceptors (Lipinski definition) is 5. The summed E-state index contributed by atoms with van der Waals surface area (Å²) in [5.74, 6) is 0.358. The molecule has 2 aromatic rings. The van der Waals surface area contributed by atoms with Crippen molar-refractivity contribution in [3.8, 4) is 5.75 Å². The van der Waals surface area contributed by atoms with Crippen LogP contribution in [0.5, 0.6) is 5.75 Å². The number of ether oxygens (including phenoxy) is 2. The van der Waals surface area contributed by atoms with Crippen LogP contribution in [0.3, 0.4) is 0 Å². The van der Waals surface area contributed by atoms with Crippen molar-refractivity contribution < 1.29 is 19.1 Å². The first-order valence-electron chi connectivity index (χ1n) is 8.18. The lowest BCUT2D eigenvalue weighted by Gasteiger charge is -2.03. The van der Waals surface area contributed by atoms with Gasteiger partial charge in [-0.25, -0.2) is 9.79 Å². The Morgan fingerprint density at radius 2 is 1.85 bits per heavy atom. The maximum Gasteiger partial charge on any atom is 0.363 e. The second-order valence-electron chi connectivity index (χ2n) is 5.60. The molecule has 26 heavy (non-hydrogen) atoms. The molecular formula is C20H18N2O4. The third-order valence-corrected chi connectivity index (χ3v) is 3.57. The van der Waals surface area contributed by atoms with Gasteiger partial charge in [0.2, 0.25) is 11.8 Å². The molecule has 6 heteroatoms. The zero-order valence-electron chi connectivity index (χ0n) is 14.5. The van der Waals surface area contributed by atoms with E-state index in [4.69, 9.17) is 9.47 Å². The summed E-state index contributed by atoms with van der Waals surface area (Å²) in [6, 6.07) is 14.3. The standard InChI is InChI=1S/C20H18N2O4/c1-3-25-17-10-4-14(5-11-17)12-18-20(24)26-19(22-18)15-6-8-16(9-7-15)21-13(2)23/h4-12H,3H2,1-2H3,(H,21,23)/b18-12-. The number of aliphatic imine (C=N–C) groups is 1. The highest BCUT2D eigenvalue weighted by Gasteiger charge is 2.24. The van der Waals surface area contributed by atoms with Gasteiger partial charge in [0.25, 0.3) is 0 Å². The molecule has 1 heterocycles. The van der Waals surface area contributed by atoms with Gasteiger partial charge in [-0.15, -0.1) is 0 Å². The number of nitrogens with zero attached hydrogens (tertiary/aromatic N) is 1. The number of cyclic esters (lactones) is 1. The van der Waals surface area contributed by atoms with Crippen LogP contribution < -0.4 is 10.1 Å². The molecule has 1 aliphatic rings. The van der Waals surface area contributed by atoms with Crippen molar-refractivity contribution in [1.29, 1.82) is 0 Å². The van der Waals surface area contributed by atoms with Crippen molar-refractivity contribution in [3.63, 3.8) is 0 Å². The highest BCUT2D eigenvalue weighted by molar-refractivity contribution is 6.13. The summed E-state index contributed by atoms with van der Waals surface area (Å²) in [6.07, 6.45) is 1.66. The number of amides is 1. The van der Waals surface area contributed by atoms with Crippen LogP contribution in [0.1, 0.15) is 25.0 Å². The van der Waals surface area contributed by atoms with Crippen LogP contribution >= 0.6 is 0 Å². The van der Waals surface area contributed by atoms with Crippen LogP contribution in [-0.2, 0) is 14.3 Å². The second-order valence-corrected chi connectivity index (χ2v) is 5.60. The predicted molar refractivity (Wildman–Crippen MR) is 99.0 cm³/mol. The monoisotopic (exact) mass is 350 g/mol. The van der Waals surface area contributed by atoms with Crippen LogP contribution in [0.4, 0.5) is 5.69 Å². The minimum absolute atomic E-state index is 0.150. The molecule has 0 saturated heterocycles. The minimum Gasteiger partial charge on any atom is -0.494 e. The SMILES string of the molecule is CCOc1ccc(/C=C2\N=C(c3ccc(NC(C)=O)cc3)OC2=O)cc1. The largest absolute Gasteiger partial charge is 0.494 e. The van der Waals surface area contributed by atoms with Crippen molar-refractivity contribution in [3.05, 3.63) is 65.4 Å². The number of carbonyl (C=O) groups is 2. The Hall–Kier alpha value is -3.41. The van der Waals surface area contributed by atoms with E-state index in [9.17, 15) is 9.59 Å². The quantitative estimate of drug-likeness (QED) is 0.662. The van der Waals surface area contributed by atoms with Gasteiger partial charge in [-0.05, 0) is 55.0 Å². The maximum atomic E-state index is 12.1. The Bertz CT molecular complexity index is 881. The highest BCUT2D eigenvalue weighted by Crippen LogP contribution is 2.21. The van der Waals surface area contributed by atoms with Crippen molar-refractivity contribution in [1.82, 2.24) is 0 Å². The Morgan fingerprint density at radius 1 is 1.15 bits per heavy atom. The molecule has 0 bridgehead atoms. The fourth-order valence-electron chi connectivity index (χ4n) is 2.42. The molecule has 0 saturated carbocycles. The summed E-state index contributed by atoms with van der Waals surface area (Å²) in [7, 11) is 0. The predicted octanol–water partition coefficient (Wildman–Crippen LogP) is 3.39. The minimum atomic E-state index is -0.500. The first-order chi connectivity index (χ1) is 12.5. The van der Waals surface area contributed by atoms with Crippen LogP contribution in [-0.4, -0.2) is 24.4 Å². The van der Waals surface area contributed by atoms with Gasteiger partial charge in [-0.1, -0.05) is 12.1 Å². The Morgan fingerprint density at radius 3 is 2.46 bits per heavy atom. The summed E-state index contributed by atoms with van der Waals surface area (Å²) in [6.45, 7) is 3.96. The smallest absolute Gasteiger partial charge is 0.363 e. The van der Waals surface area contributed by atoms with Gasteiger partial charge in [-0.2, -0.15) is 0 Å². The summed E-state index contributed by atoms with van der Waals surface area (Å²) < 4.78 is 10.6. The van der Waals surface area contributed by atoms with Crippen LogP contribution in [0.25, 0.3) is 6.08 Å². The summed E-state index contributed by atoms with van der Waals surface area (Å²) in [4.78, 5) is 27.4. The molecule has 0 atom stereocenters. The van der Waals surface area contributed by atoms with Gasteiger partial charge < -0.3 is 14.8 Å². The maximum absolute atomic E-state index is 12.1. The Balaban J connectivity index is 1.78. The molecule has 1 N–H and O–H groups in total. The number of anilines is 1. The first kappa shape index (κ1) is 17.4. The average Bonchev–Trinajstić information content (AvgIpc) is 2.98. The van der Waals surface area contributed by atoms with Crippen molar-refractivity contribution >= 4 is 29.5 Å². The fourth-order valence-corrected chi connectivity index (χ4v) is 2.42. The van der Waals surface area contributed by atoms with E-state index in [-0.39, 0.29) is 17.5 Å². The average molecular weight is 350 g/mol. The Kier molecular flexibility index (Phi) is 5.12. The van der Waals surface area contributed by atoms with Gasteiger partial charge in [0.1, 0.15) is 5.75 Å². The highest BCUT2D eigenvalue weighted by atomic mass is 16.6. The summed E-state index contributed by atoms with van der Waals surface area (Å²) in [5, 5.41) is 2.68. The molecule has 0 aliphatic carbocycles. The topological polar surface area (TPSA) is 77.0 Å². The lowest BCUT2D eigenvalue weighted by Crippen LogP contribution is -2.07. The lowest BCUT2D eigenvalue weighted by molar-refractivity contribution is -0.129. The van der Waals surface area contributed by atoms with Crippen LogP contribution in [0.2, 0.25) is 0 Å². The zero-order chi connectivity index (χ0) is 18.5. The fraction of sp³-hybridized carbons (Fsp3) is 0.150. The van der Waals surface area contributed by atoms with Crippen LogP contribution in [0, 0.1) is 0 Å². The van der Waals surface area contributed by atoms with E-state index in [0.717, 1.165) is 11.3 Å².